The van der Waals surface area contributed by atoms with Gasteiger partial charge in [-0.3, -0.25) is 9.48 Å². The monoisotopic (exact) mass is 487 g/mol. The van der Waals surface area contributed by atoms with Crippen molar-refractivity contribution in [1.82, 2.24) is 14.5 Å². The Bertz CT molecular complexity index is 1050. The highest BCUT2D eigenvalue weighted by atomic mass is 32.2. The second kappa shape index (κ2) is 9.48. The summed E-state index contributed by atoms with van der Waals surface area (Å²) in [7, 11) is -3.54. The van der Waals surface area contributed by atoms with E-state index in [1.807, 2.05) is 0 Å². The van der Waals surface area contributed by atoms with Crippen molar-refractivity contribution >= 4 is 16.0 Å². The van der Waals surface area contributed by atoms with E-state index in [2.05, 4.69) is 5.10 Å². The molecule has 3 rings (SSSR count). The van der Waals surface area contributed by atoms with E-state index in [4.69, 9.17) is 5.11 Å². The Morgan fingerprint density at radius 2 is 1.59 bits per heavy atom. The highest BCUT2D eigenvalue weighted by molar-refractivity contribution is 7.89. The summed E-state index contributed by atoms with van der Waals surface area (Å²) in [6.07, 6.45) is -3.99. The number of aromatic nitrogens is 2. The third-order valence-electron chi connectivity index (χ3n) is 4.57. The van der Waals surface area contributed by atoms with E-state index in [1.165, 1.54) is 12.0 Å². The van der Waals surface area contributed by atoms with E-state index in [0.717, 1.165) is 32.0 Å². The zero-order valence-electron chi connectivity index (χ0n) is 16.6. The standard InChI is InChI=1S/C9H7F6NO2S.C9H12N2O2/c1-16-19(17,18)7-3-5(8(10,11)12)2-6(4-7)9(13,14)15;12-9(13)6-11-8-4-2-1-3-7(8)5-10-11/h2-4,16H,1H3;5H,1-4,6H2,(H,12,13). The van der Waals surface area contributed by atoms with Crippen molar-refractivity contribution in [2.45, 2.75) is 49.5 Å². The maximum atomic E-state index is 12.4. The zero-order chi connectivity index (χ0) is 24.3. The first kappa shape index (κ1) is 25.6. The highest BCUT2D eigenvalue weighted by Crippen LogP contribution is 2.37. The van der Waals surface area contributed by atoms with Crippen LogP contribution in [0, 0.1) is 0 Å². The highest BCUT2D eigenvalue weighted by Gasteiger charge is 2.38. The Morgan fingerprint density at radius 3 is 2.06 bits per heavy atom. The number of alkyl halides is 6. The van der Waals surface area contributed by atoms with Gasteiger partial charge in [0, 0.05) is 5.69 Å². The number of sulfonamides is 1. The zero-order valence-corrected chi connectivity index (χ0v) is 17.4. The largest absolute Gasteiger partial charge is 0.480 e. The number of carbonyl (C=O) groups is 1. The summed E-state index contributed by atoms with van der Waals surface area (Å²) in [6.45, 7) is -0.00463. The molecule has 0 saturated carbocycles. The summed E-state index contributed by atoms with van der Waals surface area (Å²) in [4.78, 5) is 9.39. The number of aliphatic carboxylic acids is 1. The van der Waals surface area contributed by atoms with Crippen LogP contribution in [0.15, 0.2) is 29.3 Å². The molecule has 0 aliphatic heterocycles. The van der Waals surface area contributed by atoms with Crippen LogP contribution in [0.1, 0.15) is 35.2 Å². The van der Waals surface area contributed by atoms with Gasteiger partial charge >= 0.3 is 18.3 Å². The van der Waals surface area contributed by atoms with Crippen LogP contribution < -0.4 is 4.72 Å². The van der Waals surface area contributed by atoms with Gasteiger partial charge in [0.25, 0.3) is 0 Å². The van der Waals surface area contributed by atoms with Crippen molar-refractivity contribution in [1.29, 1.82) is 0 Å². The number of aryl methyl sites for hydroxylation is 1. The molecule has 1 aliphatic carbocycles. The quantitative estimate of drug-likeness (QED) is 0.644. The van der Waals surface area contributed by atoms with E-state index in [9.17, 15) is 39.6 Å². The van der Waals surface area contributed by atoms with Gasteiger partial charge in [-0.05, 0) is 56.5 Å². The van der Waals surface area contributed by atoms with Crippen molar-refractivity contribution in [3.63, 3.8) is 0 Å². The fraction of sp³-hybridized carbons (Fsp3) is 0.444. The maximum Gasteiger partial charge on any atom is 0.416 e. The summed E-state index contributed by atoms with van der Waals surface area (Å²) < 4.78 is 101. The molecule has 0 atom stereocenters. The Hall–Kier alpha value is -2.61. The molecular weight excluding hydrogens is 468 g/mol. The molecule has 0 bridgehead atoms. The number of nitrogens with zero attached hydrogens (tertiary/aromatic N) is 2. The fourth-order valence-corrected chi connectivity index (χ4v) is 3.82. The Morgan fingerprint density at radius 1 is 1.06 bits per heavy atom. The molecule has 0 amide bonds. The van der Waals surface area contributed by atoms with Crippen LogP contribution in [0.2, 0.25) is 0 Å². The smallest absolute Gasteiger partial charge is 0.416 e. The van der Waals surface area contributed by atoms with Crippen LogP contribution in [0.5, 0.6) is 0 Å². The summed E-state index contributed by atoms with van der Waals surface area (Å²) >= 11 is 0. The first-order chi connectivity index (χ1) is 14.6. The fourth-order valence-electron chi connectivity index (χ4n) is 3.02. The topological polar surface area (TPSA) is 101 Å². The summed E-state index contributed by atoms with van der Waals surface area (Å²) in [6, 6.07) is 0.136. The SMILES string of the molecule is CNS(=O)(=O)c1cc(C(F)(F)F)cc(C(F)(F)F)c1.O=C(O)Cn1ncc2c1CCCC2. The molecule has 7 nitrogen and oxygen atoms in total. The molecular formula is C18H19F6N3O4S. The minimum atomic E-state index is -5.08. The van der Waals surface area contributed by atoms with Gasteiger partial charge in [0.05, 0.1) is 22.2 Å². The van der Waals surface area contributed by atoms with Crippen LogP contribution in [-0.4, -0.2) is 36.3 Å². The van der Waals surface area contributed by atoms with Gasteiger partial charge in [-0.2, -0.15) is 31.4 Å². The van der Waals surface area contributed by atoms with Gasteiger partial charge in [0.15, 0.2) is 0 Å². The molecule has 0 unspecified atom stereocenters. The van der Waals surface area contributed by atoms with Gasteiger partial charge in [-0.15, -0.1) is 0 Å². The van der Waals surface area contributed by atoms with Crippen LogP contribution in [-0.2, 0) is 46.6 Å². The van der Waals surface area contributed by atoms with E-state index in [-0.39, 0.29) is 24.7 Å². The summed E-state index contributed by atoms with van der Waals surface area (Å²) in [5.74, 6) is -0.823. The molecule has 2 N–H and O–H groups in total. The molecule has 1 heterocycles. The molecule has 0 saturated heterocycles. The van der Waals surface area contributed by atoms with Crippen molar-refractivity contribution in [2.24, 2.45) is 0 Å². The van der Waals surface area contributed by atoms with Gasteiger partial charge in [0.2, 0.25) is 10.0 Å². The van der Waals surface area contributed by atoms with E-state index >= 15 is 0 Å². The lowest BCUT2D eigenvalue weighted by atomic mass is 9.98. The molecule has 178 valence electrons. The van der Waals surface area contributed by atoms with Crippen molar-refractivity contribution in [3.05, 3.63) is 46.8 Å². The lowest BCUT2D eigenvalue weighted by molar-refractivity contribution is -0.143. The molecule has 0 spiro atoms. The van der Waals surface area contributed by atoms with Gasteiger partial charge in [-0.1, -0.05) is 0 Å². The lowest BCUT2D eigenvalue weighted by Crippen LogP contribution is -2.21. The van der Waals surface area contributed by atoms with Crippen LogP contribution >= 0.6 is 0 Å². The predicted molar refractivity (Wildman–Crippen MR) is 99.2 cm³/mol. The summed E-state index contributed by atoms with van der Waals surface area (Å²) in [5, 5.41) is 12.7. The molecule has 1 aromatic carbocycles. The van der Waals surface area contributed by atoms with Crippen molar-refractivity contribution in [2.75, 3.05) is 7.05 Å². The molecule has 1 aromatic heterocycles. The molecule has 0 fully saturated rings. The number of hydrogen-bond donors (Lipinski definition) is 2. The Kier molecular flexibility index (Phi) is 7.60. The van der Waals surface area contributed by atoms with Crippen molar-refractivity contribution < 1.29 is 44.7 Å². The first-order valence-electron chi connectivity index (χ1n) is 9.13. The number of benzene rings is 1. The normalized spacial score (nSPS) is 14.3. The first-order valence-corrected chi connectivity index (χ1v) is 10.6. The lowest BCUT2D eigenvalue weighted by Gasteiger charge is -2.14. The van der Waals surface area contributed by atoms with Crippen molar-refractivity contribution in [3.8, 4) is 0 Å². The molecule has 14 heteroatoms. The average molecular weight is 487 g/mol. The molecule has 32 heavy (non-hydrogen) atoms. The number of rotatable bonds is 4. The molecule has 0 radical (unpaired) electrons. The second-order valence-electron chi connectivity index (χ2n) is 6.82. The van der Waals surface area contributed by atoms with E-state index < -0.39 is 44.4 Å². The van der Waals surface area contributed by atoms with E-state index in [1.54, 1.807) is 15.6 Å². The summed E-state index contributed by atoms with van der Waals surface area (Å²) in [5.41, 5.74) is -1.02. The minimum absolute atomic E-state index is 0.00463. The molecule has 2 aromatic rings. The Balaban J connectivity index is 0.000000242. The second-order valence-corrected chi connectivity index (χ2v) is 8.71. The molecule has 1 aliphatic rings. The van der Waals surface area contributed by atoms with E-state index in [0.29, 0.717) is 0 Å². The van der Waals surface area contributed by atoms with Gasteiger partial charge < -0.3 is 5.11 Å². The number of carboxylic acids is 1. The average Bonchev–Trinajstić information content (AvgIpc) is 3.09. The van der Waals surface area contributed by atoms with Crippen LogP contribution in [0.3, 0.4) is 0 Å². The number of fused-ring (bicyclic) bond motifs is 1. The third kappa shape index (κ3) is 6.45. The predicted octanol–water partition coefficient (Wildman–Crippen LogP) is 3.48. The minimum Gasteiger partial charge on any atom is -0.480 e. The Labute approximate surface area is 179 Å². The number of hydrogen-bond acceptors (Lipinski definition) is 4. The van der Waals surface area contributed by atoms with Crippen LogP contribution in [0.25, 0.3) is 0 Å². The third-order valence-corrected chi connectivity index (χ3v) is 5.96. The van der Waals surface area contributed by atoms with Gasteiger partial charge in [0.1, 0.15) is 6.54 Å². The number of halogens is 6. The van der Waals surface area contributed by atoms with Gasteiger partial charge in [-0.25, -0.2) is 13.1 Å². The number of carboxylic acid groups (broad SMARTS) is 1. The number of nitrogens with one attached hydrogen (secondary N) is 1. The van der Waals surface area contributed by atoms with Crippen LogP contribution in [0.4, 0.5) is 26.3 Å². The maximum absolute atomic E-state index is 12.4.